The molecule has 0 amide bonds. The van der Waals surface area contributed by atoms with E-state index in [1.807, 2.05) is 0 Å². The van der Waals surface area contributed by atoms with Gasteiger partial charge in [-0.15, -0.1) is 0 Å². The van der Waals surface area contributed by atoms with E-state index in [0.717, 1.165) is 32.3 Å². The van der Waals surface area contributed by atoms with E-state index in [4.69, 9.17) is 14.2 Å². The lowest BCUT2D eigenvalue weighted by molar-refractivity contribution is -0.145. The SMILES string of the molecule is COC(=O)C(COCC1CCCO1)NC1CC1. The molecule has 1 saturated carbocycles. The molecule has 0 aromatic heterocycles. The molecule has 2 unspecified atom stereocenters. The van der Waals surface area contributed by atoms with E-state index < -0.39 is 0 Å². The monoisotopic (exact) mass is 243 g/mol. The lowest BCUT2D eigenvalue weighted by Gasteiger charge is -2.17. The second-order valence-electron chi connectivity index (χ2n) is 4.69. The van der Waals surface area contributed by atoms with Gasteiger partial charge >= 0.3 is 5.97 Å². The number of methoxy groups -OCH3 is 1. The fraction of sp³-hybridized carbons (Fsp3) is 0.917. The van der Waals surface area contributed by atoms with Crippen LogP contribution in [0.5, 0.6) is 0 Å². The topological polar surface area (TPSA) is 56.8 Å². The lowest BCUT2D eigenvalue weighted by Crippen LogP contribution is -2.43. The fourth-order valence-electron chi connectivity index (χ4n) is 1.95. The Labute approximate surface area is 102 Å². The molecule has 0 bridgehead atoms. The third-order valence-corrected chi connectivity index (χ3v) is 3.11. The quantitative estimate of drug-likeness (QED) is 0.659. The molecule has 1 aliphatic heterocycles. The summed E-state index contributed by atoms with van der Waals surface area (Å²) in [4.78, 5) is 11.5. The van der Waals surface area contributed by atoms with Crippen LogP contribution >= 0.6 is 0 Å². The van der Waals surface area contributed by atoms with Crippen molar-refractivity contribution >= 4 is 5.97 Å². The summed E-state index contributed by atoms with van der Waals surface area (Å²) in [6.45, 7) is 1.76. The maximum absolute atomic E-state index is 11.5. The Balaban J connectivity index is 1.66. The number of rotatable bonds is 7. The number of carbonyl (C=O) groups excluding carboxylic acids is 1. The van der Waals surface area contributed by atoms with Gasteiger partial charge in [0.25, 0.3) is 0 Å². The molecule has 0 aromatic rings. The van der Waals surface area contributed by atoms with Gasteiger partial charge in [0.1, 0.15) is 6.04 Å². The first-order chi connectivity index (χ1) is 8.29. The molecular weight excluding hydrogens is 222 g/mol. The van der Waals surface area contributed by atoms with Gasteiger partial charge in [-0.05, 0) is 25.7 Å². The highest BCUT2D eigenvalue weighted by molar-refractivity contribution is 5.75. The van der Waals surface area contributed by atoms with Gasteiger partial charge < -0.3 is 14.2 Å². The van der Waals surface area contributed by atoms with E-state index in [-0.39, 0.29) is 18.1 Å². The smallest absolute Gasteiger partial charge is 0.325 e. The fourth-order valence-corrected chi connectivity index (χ4v) is 1.95. The minimum absolute atomic E-state index is 0.203. The molecule has 1 N–H and O–H groups in total. The van der Waals surface area contributed by atoms with Crippen molar-refractivity contribution in [1.82, 2.24) is 5.32 Å². The predicted molar refractivity (Wildman–Crippen MR) is 61.8 cm³/mol. The van der Waals surface area contributed by atoms with Crippen LogP contribution in [-0.2, 0) is 19.0 Å². The molecule has 0 radical (unpaired) electrons. The summed E-state index contributed by atoms with van der Waals surface area (Å²) >= 11 is 0. The highest BCUT2D eigenvalue weighted by Gasteiger charge is 2.29. The molecule has 5 nitrogen and oxygen atoms in total. The molecule has 1 heterocycles. The zero-order chi connectivity index (χ0) is 12.1. The van der Waals surface area contributed by atoms with Crippen molar-refractivity contribution in [3.05, 3.63) is 0 Å². The molecule has 17 heavy (non-hydrogen) atoms. The average Bonchev–Trinajstić information content (AvgIpc) is 3.01. The van der Waals surface area contributed by atoms with E-state index in [9.17, 15) is 4.79 Å². The average molecular weight is 243 g/mol. The van der Waals surface area contributed by atoms with Crippen molar-refractivity contribution < 1.29 is 19.0 Å². The normalized spacial score (nSPS) is 25.8. The highest BCUT2D eigenvalue weighted by atomic mass is 16.5. The Bertz CT molecular complexity index is 249. The lowest BCUT2D eigenvalue weighted by atomic mass is 10.2. The Hall–Kier alpha value is -0.650. The van der Waals surface area contributed by atoms with Gasteiger partial charge in [0.2, 0.25) is 0 Å². The number of ether oxygens (including phenoxy) is 3. The van der Waals surface area contributed by atoms with Gasteiger partial charge in [-0.25, -0.2) is 0 Å². The molecule has 2 fully saturated rings. The number of nitrogens with one attached hydrogen (secondary N) is 1. The van der Waals surface area contributed by atoms with Crippen molar-refractivity contribution in [2.24, 2.45) is 0 Å². The molecule has 2 rings (SSSR count). The number of hydrogen-bond donors (Lipinski definition) is 1. The molecule has 1 aliphatic carbocycles. The first-order valence-electron chi connectivity index (χ1n) is 6.33. The van der Waals surface area contributed by atoms with Crippen LogP contribution in [-0.4, -0.2) is 51.1 Å². The molecule has 0 spiro atoms. The minimum atomic E-state index is -0.339. The highest BCUT2D eigenvalue weighted by Crippen LogP contribution is 2.19. The summed E-state index contributed by atoms with van der Waals surface area (Å²) in [6.07, 6.45) is 4.64. The van der Waals surface area contributed by atoms with Crippen LogP contribution in [0.15, 0.2) is 0 Å². The second kappa shape index (κ2) is 6.33. The maximum Gasteiger partial charge on any atom is 0.325 e. The van der Waals surface area contributed by atoms with Crippen LogP contribution in [0.2, 0.25) is 0 Å². The molecule has 2 atom stereocenters. The third-order valence-electron chi connectivity index (χ3n) is 3.11. The van der Waals surface area contributed by atoms with Crippen LogP contribution in [0.4, 0.5) is 0 Å². The number of hydrogen-bond acceptors (Lipinski definition) is 5. The Morgan fingerprint density at radius 2 is 2.29 bits per heavy atom. The van der Waals surface area contributed by atoms with E-state index in [1.165, 1.54) is 7.11 Å². The third kappa shape index (κ3) is 4.26. The molecule has 2 aliphatic rings. The Kier molecular flexibility index (Phi) is 4.76. The molecule has 0 aromatic carbocycles. The minimum Gasteiger partial charge on any atom is -0.468 e. The van der Waals surface area contributed by atoms with Gasteiger partial charge in [-0.3, -0.25) is 10.1 Å². The van der Waals surface area contributed by atoms with E-state index >= 15 is 0 Å². The van der Waals surface area contributed by atoms with Crippen LogP contribution < -0.4 is 5.32 Å². The Morgan fingerprint density at radius 1 is 1.47 bits per heavy atom. The Morgan fingerprint density at radius 3 is 2.88 bits per heavy atom. The number of esters is 1. The van der Waals surface area contributed by atoms with Crippen LogP contribution in [0.3, 0.4) is 0 Å². The summed E-state index contributed by atoms with van der Waals surface area (Å²) in [5.74, 6) is -0.246. The van der Waals surface area contributed by atoms with Gasteiger partial charge in [0.05, 0.1) is 26.4 Å². The molecule has 98 valence electrons. The van der Waals surface area contributed by atoms with Gasteiger partial charge in [0, 0.05) is 12.6 Å². The van der Waals surface area contributed by atoms with Crippen molar-refractivity contribution in [2.45, 2.75) is 43.9 Å². The summed E-state index contributed by atoms with van der Waals surface area (Å²) in [6, 6.07) is 0.124. The van der Waals surface area contributed by atoms with Crippen molar-refractivity contribution in [3.63, 3.8) is 0 Å². The largest absolute Gasteiger partial charge is 0.468 e. The van der Waals surface area contributed by atoms with Crippen molar-refractivity contribution in [3.8, 4) is 0 Å². The van der Waals surface area contributed by atoms with E-state index in [2.05, 4.69) is 5.32 Å². The molecule has 1 saturated heterocycles. The number of carbonyl (C=O) groups is 1. The maximum atomic E-state index is 11.5. The summed E-state index contributed by atoms with van der Waals surface area (Å²) in [5, 5.41) is 3.23. The molecular formula is C12H21NO4. The first-order valence-corrected chi connectivity index (χ1v) is 6.33. The van der Waals surface area contributed by atoms with E-state index in [1.54, 1.807) is 0 Å². The van der Waals surface area contributed by atoms with Crippen LogP contribution in [0.25, 0.3) is 0 Å². The van der Waals surface area contributed by atoms with Gasteiger partial charge in [0.15, 0.2) is 0 Å². The van der Waals surface area contributed by atoms with Gasteiger partial charge in [-0.2, -0.15) is 0 Å². The first kappa shape index (κ1) is 12.8. The summed E-state index contributed by atoms with van der Waals surface area (Å²) < 4.78 is 15.7. The van der Waals surface area contributed by atoms with Crippen molar-refractivity contribution in [1.29, 1.82) is 0 Å². The standard InChI is InChI=1S/C12H21NO4/c1-15-12(14)11(13-9-4-5-9)8-16-7-10-3-2-6-17-10/h9-11,13H,2-8H2,1H3. The summed E-state index contributed by atoms with van der Waals surface area (Å²) in [5.41, 5.74) is 0. The summed E-state index contributed by atoms with van der Waals surface area (Å²) in [7, 11) is 1.41. The van der Waals surface area contributed by atoms with Crippen molar-refractivity contribution in [2.75, 3.05) is 26.9 Å². The molecule has 5 heteroatoms. The predicted octanol–water partition coefficient (Wildman–Crippen LogP) is 0.476. The zero-order valence-electron chi connectivity index (χ0n) is 10.3. The van der Waals surface area contributed by atoms with Gasteiger partial charge in [-0.1, -0.05) is 0 Å². The van der Waals surface area contributed by atoms with Crippen LogP contribution in [0, 0.1) is 0 Å². The van der Waals surface area contributed by atoms with E-state index in [0.29, 0.717) is 19.3 Å². The zero-order valence-corrected chi connectivity index (χ0v) is 10.3. The van der Waals surface area contributed by atoms with Crippen LogP contribution in [0.1, 0.15) is 25.7 Å². The second-order valence-corrected chi connectivity index (χ2v) is 4.69.